The first kappa shape index (κ1) is 17.7. The Balaban J connectivity index is 1.37. The van der Waals surface area contributed by atoms with Gasteiger partial charge in [0.25, 0.3) is 11.8 Å². The van der Waals surface area contributed by atoms with Crippen LogP contribution in [-0.2, 0) is 16.1 Å². The van der Waals surface area contributed by atoms with Crippen molar-refractivity contribution < 1.29 is 14.1 Å². The Kier molecular flexibility index (Phi) is 4.20. The molecule has 2 unspecified atom stereocenters. The summed E-state index contributed by atoms with van der Waals surface area (Å²) in [6.07, 6.45) is 0. The van der Waals surface area contributed by atoms with Crippen molar-refractivity contribution in [2.45, 2.75) is 18.6 Å². The zero-order valence-corrected chi connectivity index (χ0v) is 16.4. The lowest BCUT2D eigenvalue weighted by molar-refractivity contribution is -0.123. The van der Waals surface area contributed by atoms with Gasteiger partial charge >= 0.3 is 0 Å². The molecule has 9 nitrogen and oxygen atoms in total. The van der Waals surface area contributed by atoms with Crippen molar-refractivity contribution in [2.75, 3.05) is 4.90 Å². The number of para-hydroxylation sites is 1. The Morgan fingerprint density at radius 2 is 1.86 bits per heavy atom. The topological polar surface area (TPSA) is 104 Å². The lowest BCUT2D eigenvalue weighted by Gasteiger charge is -2.19. The molecule has 2 amide bonds. The molecule has 3 aromatic rings. The molecular weight excluding hydrogens is 440 g/mol. The van der Waals surface area contributed by atoms with E-state index in [-0.39, 0.29) is 18.3 Å². The number of halogens is 1. The number of fused-ring (bicyclic) bond motifs is 1. The van der Waals surface area contributed by atoms with Crippen LogP contribution in [0.5, 0.6) is 0 Å². The molecule has 2 aliphatic heterocycles. The molecule has 0 N–H and O–H groups in total. The van der Waals surface area contributed by atoms with Crippen molar-refractivity contribution in [2.24, 2.45) is 10.3 Å². The second-order valence-electron chi connectivity index (χ2n) is 6.56. The SMILES string of the molecule is O=C1C2N=NN(Cc3nc(-c4cccc(Br)c4)no3)C2C(=O)N1c1ccccc1. The van der Waals surface area contributed by atoms with Gasteiger partial charge in [0, 0.05) is 10.0 Å². The van der Waals surface area contributed by atoms with Crippen molar-refractivity contribution in [1.29, 1.82) is 0 Å². The maximum Gasteiger partial charge on any atom is 0.263 e. The fraction of sp³-hybridized carbons (Fsp3) is 0.158. The predicted octanol–water partition coefficient (Wildman–Crippen LogP) is 2.99. The molecule has 144 valence electrons. The van der Waals surface area contributed by atoms with Gasteiger partial charge in [0.2, 0.25) is 11.7 Å². The van der Waals surface area contributed by atoms with E-state index >= 15 is 0 Å². The lowest BCUT2D eigenvalue weighted by atomic mass is 10.1. The highest BCUT2D eigenvalue weighted by atomic mass is 79.9. The maximum absolute atomic E-state index is 12.9. The van der Waals surface area contributed by atoms with E-state index in [2.05, 4.69) is 36.4 Å². The minimum Gasteiger partial charge on any atom is -0.337 e. The monoisotopic (exact) mass is 452 g/mol. The molecule has 0 bridgehead atoms. The third-order valence-electron chi connectivity index (χ3n) is 4.72. The van der Waals surface area contributed by atoms with Gasteiger partial charge in [-0.2, -0.15) is 10.1 Å². The molecule has 5 rings (SSSR count). The Morgan fingerprint density at radius 1 is 1.03 bits per heavy atom. The summed E-state index contributed by atoms with van der Waals surface area (Å²) in [4.78, 5) is 31.1. The van der Waals surface area contributed by atoms with Crippen LogP contribution in [0.25, 0.3) is 11.4 Å². The first-order valence-corrected chi connectivity index (χ1v) is 9.60. The Hall–Kier alpha value is -3.40. The van der Waals surface area contributed by atoms with Crippen molar-refractivity contribution >= 4 is 33.4 Å². The Bertz CT molecular complexity index is 1130. The van der Waals surface area contributed by atoms with Gasteiger partial charge in [-0.25, -0.2) is 4.90 Å². The molecule has 29 heavy (non-hydrogen) atoms. The molecule has 3 heterocycles. The zero-order chi connectivity index (χ0) is 20.0. The van der Waals surface area contributed by atoms with E-state index in [4.69, 9.17) is 4.52 Å². The average molecular weight is 453 g/mol. The molecule has 0 spiro atoms. The minimum absolute atomic E-state index is 0.0767. The highest BCUT2D eigenvalue weighted by Gasteiger charge is 2.55. The Labute approximate surface area is 173 Å². The number of hydrogen-bond acceptors (Lipinski definition) is 8. The summed E-state index contributed by atoms with van der Waals surface area (Å²) in [6, 6.07) is 14.6. The third kappa shape index (κ3) is 3.01. The van der Waals surface area contributed by atoms with Crippen LogP contribution in [0.4, 0.5) is 5.69 Å². The summed E-state index contributed by atoms with van der Waals surface area (Å²) >= 11 is 3.41. The number of imide groups is 1. The maximum atomic E-state index is 12.9. The van der Waals surface area contributed by atoms with Gasteiger partial charge in [0.1, 0.15) is 6.54 Å². The van der Waals surface area contributed by atoms with Crippen LogP contribution in [0.1, 0.15) is 5.89 Å². The van der Waals surface area contributed by atoms with Gasteiger partial charge in [-0.05, 0) is 24.3 Å². The number of carbonyl (C=O) groups excluding carboxylic acids is 2. The lowest BCUT2D eigenvalue weighted by Crippen LogP contribution is -2.39. The van der Waals surface area contributed by atoms with E-state index in [0.717, 1.165) is 14.9 Å². The van der Waals surface area contributed by atoms with Crippen LogP contribution in [0.3, 0.4) is 0 Å². The fourth-order valence-electron chi connectivity index (χ4n) is 3.39. The minimum atomic E-state index is -0.866. The van der Waals surface area contributed by atoms with E-state index in [0.29, 0.717) is 11.5 Å². The quantitative estimate of drug-likeness (QED) is 0.563. The fourth-order valence-corrected chi connectivity index (χ4v) is 3.79. The van der Waals surface area contributed by atoms with E-state index < -0.39 is 18.0 Å². The van der Waals surface area contributed by atoms with Crippen molar-refractivity contribution in [1.82, 2.24) is 15.1 Å². The molecule has 2 atom stereocenters. The van der Waals surface area contributed by atoms with Crippen LogP contribution in [0.2, 0.25) is 0 Å². The number of aromatic nitrogens is 2. The Morgan fingerprint density at radius 3 is 2.66 bits per heavy atom. The molecule has 0 radical (unpaired) electrons. The van der Waals surface area contributed by atoms with E-state index in [9.17, 15) is 9.59 Å². The summed E-state index contributed by atoms with van der Waals surface area (Å²) in [7, 11) is 0. The molecule has 2 aromatic carbocycles. The van der Waals surface area contributed by atoms with E-state index in [1.165, 1.54) is 5.01 Å². The summed E-state index contributed by atoms with van der Waals surface area (Å²) in [5.74, 6) is -0.0626. The first-order chi connectivity index (χ1) is 14.1. The molecular formula is C19H13BrN6O3. The number of amides is 2. The van der Waals surface area contributed by atoms with Crippen LogP contribution < -0.4 is 4.90 Å². The van der Waals surface area contributed by atoms with Gasteiger partial charge in [0.15, 0.2) is 12.1 Å². The largest absolute Gasteiger partial charge is 0.337 e. The zero-order valence-electron chi connectivity index (χ0n) is 14.8. The first-order valence-electron chi connectivity index (χ1n) is 8.80. The van der Waals surface area contributed by atoms with Crippen LogP contribution in [-0.4, -0.2) is 39.0 Å². The molecule has 2 aliphatic rings. The van der Waals surface area contributed by atoms with Gasteiger partial charge in [0.05, 0.1) is 5.69 Å². The highest BCUT2D eigenvalue weighted by Crippen LogP contribution is 2.32. The number of anilines is 1. The average Bonchev–Trinajstić information content (AvgIpc) is 3.41. The molecule has 0 aliphatic carbocycles. The number of hydrogen-bond donors (Lipinski definition) is 0. The van der Waals surface area contributed by atoms with Crippen molar-refractivity contribution in [3.63, 3.8) is 0 Å². The molecule has 10 heteroatoms. The van der Waals surface area contributed by atoms with Crippen molar-refractivity contribution in [3.05, 3.63) is 65.0 Å². The molecule has 0 saturated carbocycles. The highest BCUT2D eigenvalue weighted by molar-refractivity contribution is 9.10. The second kappa shape index (κ2) is 6.89. The summed E-state index contributed by atoms with van der Waals surface area (Å²) < 4.78 is 6.21. The van der Waals surface area contributed by atoms with E-state index in [1.54, 1.807) is 24.3 Å². The molecule has 1 fully saturated rings. The van der Waals surface area contributed by atoms with Gasteiger partial charge in [-0.1, -0.05) is 56.6 Å². The summed E-state index contributed by atoms with van der Waals surface area (Å²) in [5, 5.41) is 13.4. The number of benzene rings is 2. The van der Waals surface area contributed by atoms with Crippen molar-refractivity contribution in [3.8, 4) is 11.4 Å². The second-order valence-corrected chi connectivity index (χ2v) is 7.48. The van der Waals surface area contributed by atoms with E-state index in [1.807, 2.05) is 30.3 Å². The third-order valence-corrected chi connectivity index (χ3v) is 5.21. The van der Waals surface area contributed by atoms with Gasteiger partial charge in [-0.3, -0.25) is 14.6 Å². The van der Waals surface area contributed by atoms with Crippen LogP contribution in [0, 0.1) is 0 Å². The van der Waals surface area contributed by atoms with Crippen LogP contribution in [0.15, 0.2) is 73.9 Å². The van der Waals surface area contributed by atoms with Gasteiger partial charge in [-0.15, -0.1) is 0 Å². The number of carbonyl (C=O) groups is 2. The molecule has 1 saturated heterocycles. The standard InChI is InChI=1S/C19H13BrN6O3/c20-12-6-4-5-11(9-12)17-21-14(29-23-17)10-25-16-15(22-24-25)18(27)26(19(16)28)13-7-2-1-3-8-13/h1-9,15-16H,10H2. The number of rotatable bonds is 4. The summed E-state index contributed by atoms with van der Waals surface area (Å²) in [6.45, 7) is 0.0767. The smallest absolute Gasteiger partial charge is 0.263 e. The van der Waals surface area contributed by atoms with Crippen LogP contribution >= 0.6 is 15.9 Å². The molecule has 1 aromatic heterocycles. The normalized spacial score (nSPS) is 20.6. The predicted molar refractivity (Wildman–Crippen MR) is 104 cm³/mol. The summed E-state index contributed by atoms with van der Waals surface area (Å²) in [5.41, 5.74) is 1.31. The van der Waals surface area contributed by atoms with Gasteiger partial charge < -0.3 is 4.52 Å². The number of nitrogens with zero attached hydrogens (tertiary/aromatic N) is 6.